The van der Waals surface area contributed by atoms with Gasteiger partial charge in [-0.15, -0.1) is 0 Å². The summed E-state index contributed by atoms with van der Waals surface area (Å²) in [4.78, 5) is 0. The fourth-order valence-electron chi connectivity index (χ4n) is 3.40. The van der Waals surface area contributed by atoms with Gasteiger partial charge in [0.2, 0.25) is 0 Å². The molecule has 0 radical (unpaired) electrons. The van der Waals surface area contributed by atoms with Crippen LogP contribution < -0.4 is 11.3 Å². The number of halogens is 2. The highest BCUT2D eigenvalue weighted by Gasteiger charge is 2.47. The SMILES string of the molecule is NNC(Cc1c(F)cccc1F)C1CC2CC2C1. The molecule has 0 bridgehead atoms. The highest BCUT2D eigenvalue weighted by molar-refractivity contribution is 5.21. The molecule has 0 spiro atoms. The quantitative estimate of drug-likeness (QED) is 0.638. The molecule has 0 saturated heterocycles. The number of rotatable bonds is 4. The largest absolute Gasteiger partial charge is 0.271 e. The predicted octanol–water partition coefficient (Wildman–Crippen LogP) is 2.39. The molecule has 3 unspecified atom stereocenters. The van der Waals surface area contributed by atoms with Crippen LogP contribution in [0.1, 0.15) is 24.8 Å². The van der Waals surface area contributed by atoms with Crippen LogP contribution in [0.5, 0.6) is 0 Å². The van der Waals surface area contributed by atoms with Gasteiger partial charge in [-0.25, -0.2) is 8.78 Å². The Morgan fingerprint density at radius 1 is 1.17 bits per heavy atom. The summed E-state index contributed by atoms with van der Waals surface area (Å²) in [7, 11) is 0. The van der Waals surface area contributed by atoms with Crippen molar-refractivity contribution in [2.24, 2.45) is 23.6 Å². The number of hydrogen-bond acceptors (Lipinski definition) is 2. The maximum absolute atomic E-state index is 13.6. The summed E-state index contributed by atoms with van der Waals surface area (Å²) in [6.45, 7) is 0. The highest BCUT2D eigenvalue weighted by atomic mass is 19.1. The number of nitrogens with two attached hydrogens (primary N) is 1. The van der Waals surface area contributed by atoms with Crippen LogP contribution >= 0.6 is 0 Å². The van der Waals surface area contributed by atoms with E-state index in [9.17, 15) is 8.78 Å². The molecule has 3 atom stereocenters. The lowest BCUT2D eigenvalue weighted by Crippen LogP contribution is -2.42. The van der Waals surface area contributed by atoms with Crippen molar-refractivity contribution in [1.29, 1.82) is 0 Å². The lowest BCUT2D eigenvalue weighted by atomic mass is 9.90. The number of benzene rings is 1. The Bertz CT molecular complexity index is 419. The average Bonchev–Trinajstić information content (AvgIpc) is 2.96. The summed E-state index contributed by atoms with van der Waals surface area (Å²) < 4.78 is 27.2. The smallest absolute Gasteiger partial charge is 0.129 e. The van der Waals surface area contributed by atoms with Crippen molar-refractivity contribution in [3.05, 3.63) is 35.4 Å². The first kappa shape index (κ1) is 12.1. The molecule has 2 aliphatic carbocycles. The molecule has 3 N–H and O–H groups in total. The van der Waals surface area contributed by atoms with Crippen molar-refractivity contribution in [2.45, 2.75) is 31.7 Å². The molecule has 2 aliphatic rings. The van der Waals surface area contributed by atoms with Gasteiger partial charge in [0, 0.05) is 11.6 Å². The molecule has 0 aromatic heterocycles. The zero-order valence-corrected chi connectivity index (χ0v) is 10.2. The molecule has 0 amide bonds. The zero-order valence-electron chi connectivity index (χ0n) is 10.2. The second-order valence-electron chi connectivity index (χ2n) is 5.66. The average molecular weight is 252 g/mol. The maximum atomic E-state index is 13.6. The van der Waals surface area contributed by atoms with Crippen LogP contribution in [0.4, 0.5) is 8.78 Å². The molecule has 1 aromatic carbocycles. The molecular weight excluding hydrogens is 234 g/mol. The van der Waals surface area contributed by atoms with E-state index in [4.69, 9.17) is 5.84 Å². The van der Waals surface area contributed by atoms with E-state index in [2.05, 4.69) is 5.43 Å². The molecule has 3 rings (SSSR count). The van der Waals surface area contributed by atoms with Gasteiger partial charge in [0.05, 0.1) is 0 Å². The molecule has 0 heterocycles. The molecule has 2 saturated carbocycles. The van der Waals surface area contributed by atoms with E-state index in [1.165, 1.54) is 24.6 Å². The fourth-order valence-corrected chi connectivity index (χ4v) is 3.40. The summed E-state index contributed by atoms with van der Waals surface area (Å²) in [6, 6.07) is 3.98. The summed E-state index contributed by atoms with van der Waals surface area (Å²) in [5, 5.41) is 0. The lowest BCUT2D eigenvalue weighted by Gasteiger charge is -2.24. The third-order valence-electron chi connectivity index (χ3n) is 4.55. The Labute approximate surface area is 106 Å². The van der Waals surface area contributed by atoms with Gasteiger partial charge in [0.1, 0.15) is 11.6 Å². The van der Waals surface area contributed by atoms with Gasteiger partial charge in [-0.2, -0.15) is 0 Å². The van der Waals surface area contributed by atoms with E-state index in [-0.39, 0.29) is 11.6 Å². The van der Waals surface area contributed by atoms with E-state index in [0.717, 1.165) is 24.7 Å². The Kier molecular flexibility index (Phi) is 3.08. The van der Waals surface area contributed by atoms with E-state index >= 15 is 0 Å². The summed E-state index contributed by atoms with van der Waals surface area (Å²) >= 11 is 0. The first-order chi connectivity index (χ1) is 8.69. The Morgan fingerprint density at radius 3 is 2.33 bits per heavy atom. The third kappa shape index (κ3) is 2.15. The molecular formula is C14H18F2N2. The number of nitrogens with one attached hydrogen (secondary N) is 1. The van der Waals surface area contributed by atoms with Gasteiger partial charge >= 0.3 is 0 Å². The van der Waals surface area contributed by atoms with Gasteiger partial charge in [0.15, 0.2) is 0 Å². The lowest BCUT2D eigenvalue weighted by molar-refractivity contribution is 0.330. The van der Waals surface area contributed by atoms with Gasteiger partial charge < -0.3 is 0 Å². The first-order valence-corrected chi connectivity index (χ1v) is 6.58. The van der Waals surface area contributed by atoms with Crippen LogP contribution in [0.3, 0.4) is 0 Å². The van der Waals surface area contributed by atoms with Gasteiger partial charge in [0.25, 0.3) is 0 Å². The number of hydrazine groups is 1. The van der Waals surface area contributed by atoms with Crippen molar-refractivity contribution >= 4 is 0 Å². The van der Waals surface area contributed by atoms with Crippen LogP contribution in [-0.2, 0) is 6.42 Å². The van der Waals surface area contributed by atoms with E-state index in [1.807, 2.05) is 0 Å². The predicted molar refractivity (Wildman–Crippen MR) is 65.5 cm³/mol. The molecule has 2 fully saturated rings. The number of hydrogen-bond donors (Lipinski definition) is 2. The van der Waals surface area contributed by atoms with E-state index in [0.29, 0.717) is 12.3 Å². The van der Waals surface area contributed by atoms with Crippen molar-refractivity contribution in [3.8, 4) is 0 Å². The molecule has 98 valence electrons. The van der Waals surface area contributed by atoms with Crippen LogP contribution in [0, 0.1) is 29.4 Å². The van der Waals surface area contributed by atoms with E-state index in [1.54, 1.807) is 0 Å². The third-order valence-corrected chi connectivity index (χ3v) is 4.55. The molecule has 4 heteroatoms. The first-order valence-electron chi connectivity index (χ1n) is 6.58. The minimum absolute atomic E-state index is 0.0239. The number of fused-ring (bicyclic) bond motifs is 1. The van der Waals surface area contributed by atoms with Crippen molar-refractivity contribution in [2.75, 3.05) is 0 Å². The molecule has 2 nitrogen and oxygen atoms in total. The van der Waals surface area contributed by atoms with Gasteiger partial charge in [-0.3, -0.25) is 11.3 Å². The molecule has 18 heavy (non-hydrogen) atoms. The zero-order chi connectivity index (χ0) is 12.7. The summed E-state index contributed by atoms with van der Waals surface area (Å²) in [5.41, 5.74) is 2.91. The highest BCUT2D eigenvalue weighted by Crippen LogP contribution is 2.55. The monoisotopic (exact) mass is 252 g/mol. The molecule has 1 aromatic rings. The second-order valence-corrected chi connectivity index (χ2v) is 5.66. The van der Waals surface area contributed by atoms with Gasteiger partial charge in [-0.1, -0.05) is 6.07 Å². The van der Waals surface area contributed by atoms with Crippen molar-refractivity contribution < 1.29 is 8.78 Å². The second kappa shape index (κ2) is 4.59. The minimum Gasteiger partial charge on any atom is -0.271 e. The van der Waals surface area contributed by atoms with Crippen molar-refractivity contribution in [1.82, 2.24) is 5.43 Å². The summed E-state index contributed by atoms with van der Waals surface area (Å²) in [5.74, 6) is 6.76. The minimum atomic E-state index is -0.474. The Morgan fingerprint density at radius 2 is 1.78 bits per heavy atom. The maximum Gasteiger partial charge on any atom is 0.129 e. The Balaban J connectivity index is 1.73. The fraction of sp³-hybridized carbons (Fsp3) is 0.571. The Hall–Kier alpha value is -1.00. The standard InChI is InChI=1S/C14H18F2N2/c15-12-2-1-3-13(16)11(12)7-14(18-17)10-5-8-4-9(8)6-10/h1-3,8-10,14,18H,4-7,17H2. The van der Waals surface area contributed by atoms with Crippen molar-refractivity contribution in [3.63, 3.8) is 0 Å². The topological polar surface area (TPSA) is 38.0 Å². The van der Waals surface area contributed by atoms with E-state index < -0.39 is 11.6 Å². The van der Waals surface area contributed by atoms with Gasteiger partial charge in [-0.05, 0) is 55.6 Å². The normalized spacial score (nSPS) is 31.2. The van der Waals surface area contributed by atoms with Crippen LogP contribution in [-0.4, -0.2) is 6.04 Å². The van der Waals surface area contributed by atoms with Crippen LogP contribution in [0.25, 0.3) is 0 Å². The van der Waals surface area contributed by atoms with Crippen LogP contribution in [0.15, 0.2) is 18.2 Å². The van der Waals surface area contributed by atoms with Crippen LogP contribution in [0.2, 0.25) is 0 Å². The summed E-state index contributed by atoms with van der Waals surface area (Å²) in [6.07, 6.45) is 3.96. The molecule has 0 aliphatic heterocycles.